The molecule has 3 nitrogen and oxygen atoms in total. The summed E-state index contributed by atoms with van der Waals surface area (Å²) < 4.78 is 0. The fourth-order valence-corrected chi connectivity index (χ4v) is 2.23. The van der Waals surface area contributed by atoms with Gasteiger partial charge in [-0.2, -0.15) is 0 Å². The number of carboxylic acids is 1. The minimum absolute atomic E-state index is 0.293. The summed E-state index contributed by atoms with van der Waals surface area (Å²) in [7, 11) is 0. The van der Waals surface area contributed by atoms with Crippen LogP contribution in [0.4, 0.5) is 0 Å². The fraction of sp³-hybridized carbons (Fsp3) is 0.650. The van der Waals surface area contributed by atoms with Crippen LogP contribution in [0, 0.1) is 0 Å². The van der Waals surface area contributed by atoms with Crippen molar-refractivity contribution in [1.82, 2.24) is 0 Å². The van der Waals surface area contributed by atoms with E-state index < -0.39 is 5.97 Å². The molecule has 0 saturated carbocycles. The van der Waals surface area contributed by atoms with Gasteiger partial charge in [-0.25, -0.2) is 0 Å². The van der Waals surface area contributed by atoms with Gasteiger partial charge in [0.1, 0.15) is 0 Å². The highest BCUT2D eigenvalue weighted by Gasteiger charge is 1.96. The molecule has 0 spiro atoms. The third-order valence-corrected chi connectivity index (χ3v) is 3.63. The first-order valence-corrected chi connectivity index (χ1v) is 9.05. The molecule has 0 aromatic rings. The lowest BCUT2D eigenvalue weighted by molar-refractivity contribution is -0.137. The number of hydrogen-bond acceptors (Lipinski definition) is 2. The van der Waals surface area contributed by atoms with Gasteiger partial charge < -0.3 is 10.2 Å². The number of rotatable bonds is 15. The average molecular weight is 322 g/mol. The maximum atomic E-state index is 10.3. The Balaban J connectivity index is 3.45. The van der Waals surface area contributed by atoms with Crippen molar-refractivity contribution in [2.24, 2.45) is 0 Å². The van der Waals surface area contributed by atoms with Crippen molar-refractivity contribution in [3.05, 3.63) is 36.5 Å². The topological polar surface area (TPSA) is 57.5 Å². The Kier molecular flexibility index (Phi) is 16.0. The summed E-state index contributed by atoms with van der Waals surface area (Å²) in [4.78, 5) is 10.3. The van der Waals surface area contributed by atoms with Gasteiger partial charge in [0.15, 0.2) is 0 Å². The average Bonchev–Trinajstić information content (AvgIpc) is 2.51. The lowest BCUT2D eigenvalue weighted by atomic mass is 10.1. The van der Waals surface area contributed by atoms with Crippen LogP contribution in [0.2, 0.25) is 0 Å². The third-order valence-electron chi connectivity index (χ3n) is 3.63. The second-order valence-electron chi connectivity index (χ2n) is 5.93. The molecule has 0 aliphatic rings. The Bertz CT molecular complexity index is 356. The molecule has 3 heteroatoms. The molecule has 0 aromatic heterocycles. The SMILES string of the molecule is CCCCC[C@@H](O)/C=C/C=C/C/C=C/CCCCCCC(=O)O. The van der Waals surface area contributed by atoms with Gasteiger partial charge >= 0.3 is 5.97 Å². The summed E-state index contributed by atoms with van der Waals surface area (Å²) in [5.74, 6) is -0.695. The molecule has 0 saturated heterocycles. The highest BCUT2D eigenvalue weighted by atomic mass is 16.4. The molecule has 0 bridgehead atoms. The number of carbonyl (C=O) groups is 1. The molecule has 132 valence electrons. The number of hydrogen-bond donors (Lipinski definition) is 2. The molecule has 0 aromatic carbocycles. The molecular weight excluding hydrogens is 288 g/mol. The van der Waals surface area contributed by atoms with E-state index >= 15 is 0 Å². The molecule has 0 aliphatic heterocycles. The molecule has 0 amide bonds. The quantitative estimate of drug-likeness (QED) is 0.241. The Morgan fingerprint density at radius 3 is 2.48 bits per heavy atom. The predicted octanol–water partition coefficient (Wildman–Crippen LogP) is 5.41. The zero-order valence-corrected chi connectivity index (χ0v) is 14.6. The number of carboxylic acid groups (broad SMARTS) is 1. The molecule has 1 atom stereocenters. The molecule has 0 radical (unpaired) electrons. The Labute approximate surface area is 141 Å². The molecule has 0 rings (SSSR count). The second kappa shape index (κ2) is 17.0. The summed E-state index contributed by atoms with van der Waals surface area (Å²) in [6.07, 6.45) is 22.5. The van der Waals surface area contributed by atoms with Crippen molar-refractivity contribution in [1.29, 1.82) is 0 Å². The van der Waals surface area contributed by atoms with Crippen LogP contribution in [-0.4, -0.2) is 22.3 Å². The minimum Gasteiger partial charge on any atom is -0.481 e. The van der Waals surface area contributed by atoms with Crippen molar-refractivity contribution in [3.8, 4) is 0 Å². The molecule has 0 unspecified atom stereocenters. The third kappa shape index (κ3) is 18.6. The van der Waals surface area contributed by atoms with Gasteiger partial charge in [0.05, 0.1) is 6.10 Å². The van der Waals surface area contributed by atoms with Crippen LogP contribution in [0.1, 0.15) is 77.6 Å². The lowest BCUT2D eigenvalue weighted by Crippen LogP contribution is -2.00. The first kappa shape index (κ1) is 21.6. The first-order chi connectivity index (χ1) is 11.2. The van der Waals surface area contributed by atoms with Gasteiger partial charge in [-0.3, -0.25) is 4.79 Å². The zero-order valence-electron chi connectivity index (χ0n) is 14.6. The van der Waals surface area contributed by atoms with E-state index in [0.717, 1.165) is 51.4 Å². The molecule has 0 fully saturated rings. The Morgan fingerprint density at radius 2 is 1.74 bits per heavy atom. The summed E-state index contributed by atoms with van der Waals surface area (Å²) in [6, 6.07) is 0. The minimum atomic E-state index is -0.695. The smallest absolute Gasteiger partial charge is 0.303 e. The fourth-order valence-electron chi connectivity index (χ4n) is 2.23. The van der Waals surface area contributed by atoms with E-state index in [4.69, 9.17) is 5.11 Å². The first-order valence-electron chi connectivity index (χ1n) is 9.05. The summed E-state index contributed by atoms with van der Waals surface area (Å²) in [5.41, 5.74) is 0. The van der Waals surface area contributed by atoms with E-state index in [9.17, 15) is 9.90 Å². The Morgan fingerprint density at radius 1 is 0.957 bits per heavy atom. The maximum absolute atomic E-state index is 10.3. The summed E-state index contributed by atoms with van der Waals surface area (Å²) in [5, 5.41) is 18.2. The van der Waals surface area contributed by atoms with E-state index in [-0.39, 0.29) is 6.10 Å². The van der Waals surface area contributed by atoms with Crippen molar-refractivity contribution in [2.75, 3.05) is 0 Å². The molecule has 0 heterocycles. The van der Waals surface area contributed by atoms with Crippen molar-refractivity contribution < 1.29 is 15.0 Å². The van der Waals surface area contributed by atoms with Crippen LogP contribution >= 0.6 is 0 Å². The van der Waals surface area contributed by atoms with Crippen LogP contribution in [-0.2, 0) is 4.79 Å². The molecule has 2 N–H and O–H groups in total. The van der Waals surface area contributed by atoms with Crippen LogP contribution in [0.3, 0.4) is 0 Å². The molecular formula is C20H34O3. The van der Waals surface area contributed by atoms with Crippen molar-refractivity contribution in [2.45, 2.75) is 83.7 Å². The number of aliphatic carboxylic acids is 1. The monoisotopic (exact) mass is 322 g/mol. The predicted molar refractivity (Wildman–Crippen MR) is 97.5 cm³/mol. The normalized spacial score (nSPS) is 13.5. The van der Waals surface area contributed by atoms with Gasteiger partial charge in [0.2, 0.25) is 0 Å². The highest BCUT2D eigenvalue weighted by Crippen LogP contribution is 2.06. The molecule has 23 heavy (non-hydrogen) atoms. The van der Waals surface area contributed by atoms with Crippen LogP contribution in [0.15, 0.2) is 36.5 Å². The lowest BCUT2D eigenvalue weighted by Gasteiger charge is -2.02. The number of aliphatic hydroxyl groups is 1. The highest BCUT2D eigenvalue weighted by molar-refractivity contribution is 5.66. The largest absolute Gasteiger partial charge is 0.481 e. The van der Waals surface area contributed by atoms with E-state index in [1.54, 1.807) is 0 Å². The number of unbranched alkanes of at least 4 members (excludes halogenated alkanes) is 6. The zero-order chi connectivity index (χ0) is 17.2. The van der Waals surface area contributed by atoms with E-state index in [1.165, 1.54) is 12.8 Å². The maximum Gasteiger partial charge on any atom is 0.303 e. The standard InChI is InChI=1S/C20H34O3/c1-2-3-13-16-19(21)17-14-11-9-7-5-4-6-8-10-12-15-18-20(22)23/h4-5,9,11,14,17,19,21H,2-3,6-8,10,12-13,15-16,18H2,1H3,(H,22,23)/b5-4+,11-9+,17-14+/t19-/m1/s1. The van der Waals surface area contributed by atoms with Crippen LogP contribution < -0.4 is 0 Å². The van der Waals surface area contributed by atoms with E-state index in [0.29, 0.717) is 6.42 Å². The molecule has 0 aliphatic carbocycles. The summed E-state index contributed by atoms with van der Waals surface area (Å²) >= 11 is 0. The number of allylic oxidation sites excluding steroid dienone is 5. The van der Waals surface area contributed by atoms with E-state index in [2.05, 4.69) is 25.2 Å². The van der Waals surface area contributed by atoms with Gasteiger partial charge in [0.25, 0.3) is 0 Å². The summed E-state index contributed by atoms with van der Waals surface area (Å²) in [6.45, 7) is 2.16. The van der Waals surface area contributed by atoms with Crippen molar-refractivity contribution >= 4 is 5.97 Å². The number of aliphatic hydroxyl groups excluding tert-OH is 1. The van der Waals surface area contributed by atoms with Gasteiger partial charge in [-0.05, 0) is 32.1 Å². The van der Waals surface area contributed by atoms with Crippen LogP contribution in [0.5, 0.6) is 0 Å². The van der Waals surface area contributed by atoms with Crippen molar-refractivity contribution in [3.63, 3.8) is 0 Å². The van der Waals surface area contributed by atoms with Gasteiger partial charge in [-0.15, -0.1) is 0 Å². The van der Waals surface area contributed by atoms with Crippen LogP contribution in [0.25, 0.3) is 0 Å². The Hall–Kier alpha value is -1.35. The second-order valence-corrected chi connectivity index (χ2v) is 5.93. The van der Waals surface area contributed by atoms with Gasteiger partial charge in [0, 0.05) is 6.42 Å². The van der Waals surface area contributed by atoms with Gasteiger partial charge in [-0.1, -0.05) is 75.5 Å². The van der Waals surface area contributed by atoms with E-state index in [1.807, 2.05) is 18.2 Å².